The van der Waals surface area contributed by atoms with Crippen LogP contribution in [0.4, 0.5) is 0 Å². The molecule has 2 heteroatoms. The molecule has 1 aromatic rings. The van der Waals surface area contributed by atoms with E-state index in [0.29, 0.717) is 12.0 Å². The number of nitrogens with one attached hydrogen (secondary N) is 1. The molecule has 0 radical (unpaired) electrons. The van der Waals surface area contributed by atoms with Crippen molar-refractivity contribution in [3.63, 3.8) is 0 Å². The van der Waals surface area contributed by atoms with Crippen LogP contribution in [-0.2, 0) is 6.42 Å². The van der Waals surface area contributed by atoms with Gasteiger partial charge < -0.3 is 10.1 Å². The number of unbranched alkanes of at least 4 members (excludes halogenated alkanes) is 1. The van der Waals surface area contributed by atoms with Gasteiger partial charge in [0.1, 0.15) is 5.75 Å². The highest BCUT2D eigenvalue weighted by Crippen LogP contribution is 2.29. The van der Waals surface area contributed by atoms with Crippen molar-refractivity contribution in [2.24, 2.45) is 5.92 Å². The SMILES string of the molecule is C=CCCCC(NCC)C1COc2ccccc2C1. The third-order valence-corrected chi connectivity index (χ3v) is 3.87. The summed E-state index contributed by atoms with van der Waals surface area (Å²) in [6.07, 6.45) is 6.65. The molecule has 1 aliphatic rings. The molecule has 1 aliphatic heterocycles. The van der Waals surface area contributed by atoms with Crippen LogP contribution in [0.3, 0.4) is 0 Å². The zero-order valence-electron chi connectivity index (χ0n) is 11.9. The molecule has 0 amide bonds. The average Bonchev–Trinajstić information content (AvgIpc) is 2.46. The summed E-state index contributed by atoms with van der Waals surface area (Å²) in [4.78, 5) is 0. The summed E-state index contributed by atoms with van der Waals surface area (Å²) in [5, 5.41) is 3.63. The Kier molecular flexibility index (Phi) is 5.46. The van der Waals surface area contributed by atoms with Crippen molar-refractivity contribution in [1.29, 1.82) is 0 Å². The molecule has 1 heterocycles. The Morgan fingerprint density at radius 2 is 2.32 bits per heavy atom. The minimum absolute atomic E-state index is 0.554. The van der Waals surface area contributed by atoms with Gasteiger partial charge in [0.2, 0.25) is 0 Å². The first-order valence-corrected chi connectivity index (χ1v) is 7.40. The van der Waals surface area contributed by atoms with E-state index in [9.17, 15) is 0 Å². The minimum Gasteiger partial charge on any atom is -0.493 e. The van der Waals surface area contributed by atoms with Crippen LogP contribution >= 0.6 is 0 Å². The summed E-state index contributed by atoms with van der Waals surface area (Å²) < 4.78 is 5.91. The lowest BCUT2D eigenvalue weighted by Gasteiger charge is -2.32. The number of para-hydroxylation sites is 1. The molecule has 104 valence electrons. The van der Waals surface area contributed by atoms with Gasteiger partial charge in [0.05, 0.1) is 6.61 Å². The summed E-state index contributed by atoms with van der Waals surface area (Å²) in [7, 11) is 0. The minimum atomic E-state index is 0.554. The van der Waals surface area contributed by atoms with E-state index in [4.69, 9.17) is 4.74 Å². The molecule has 2 atom stereocenters. The summed E-state index contributed by atoms with van der Waals surface area (Å²) in [5.74, 6) is 1.65. The molecular formula is C17H25NO. The Bertz CT molecular complexity index is 402. The highest BCUT2D eigenvalue weighted by atomic mass is 16.5. The molecule has 0 saturated carbocycles. The van der Waals surface area contributed by atoms with E-state index in [2.05, 4.69) is 37.0 Å². The second-order valence-corrected chi connectivity index (χ2v) is 5.27. The van der Waals surface area contributed by atoms with Gasteiger partial charge in [-0.05, 0) is 43.9 Å². The van der Waals surface area contributed by atoms with Crippen molar-refractivity contribution in [2.75, 3.05) is 13.2 Å². The first kappa shape index (κ1) is 14.1. The van der Waals surface area contributed by atoms with Gasteiger partial charge in [-0.3, -0.25) is 0 Å². The molecule has 1 aromatic carbocycles. The van der Waals surface area contributed by atoms with Crippen LogP contribution in [0.25, 0.3) is 0 Å². The normalized spacial score (nSPS) is 19.3. The number of hydrogen-bond acceptors (Lipinski definition) is 2. The smallest absolute Gasteiger partial charge is 0.122 e. The number of rotatable bonds is 7. The Labute approximate surface area is 116 Å². The van der Waals surface area contributed by atoms with Gasteiger partial charge in [-0.1, -0.05) is 31.2 Å². The van der Waals surface area contributed by atoms with E-state index < -0.39 is 0 Å². The predicted octanol–water partition coefficient (Wildman–Crippen LogP) is 3.57. The largest absolute Gasteiger partial charge is 0.493 e. The second-order valence-electron chi connectivity index (χ2n) is 5.27. The molecule has 19 heavy (non-hydrogen) atoms. The number of benzene rings is 1. The van der Waals surface area contributed by atoms with Crippen LogP contribution in [0.1, 0.15) is 31.7 Å². The lowest BCUT2D eigenvalue weighted by molar-refractivity contribution is 0.179. The maximum absolute atomic E-state index is 5.91. The summed E-state index contributed by atoms with van der Waals surface area (Å²) in [6.45, 7) is 7.84. The van der Waals surface area contributed by atoms with Gasteiger partial charge in [-0.15, -0.1) is 6.58 Å². The van der Waals surface area contributed by atoms with Gasteiger partial charge in [0, 0.05) is 12.0 Å². The van der Waals surface area contributed by atoms with Crippen molar-refractivity contribution >= 4 is 0 Å². The maximum Gasteiger partial charge on any atom is 0.122 e. The molecule has 2 nitrogen and oxygen atoms in total. The van der Waals surface area contributed by atoms with Crippen LogP contribution in [0, 0.1) is 5.92 Å². The molecule has 0 saturated heterocycles. The number of ether oxygens (including phenoxy) is 1. The van der Waals surface area contributed by atoms with Crippen molar-refractivity contribution < 1.29 is 4.74 Å². The van der Waals surface area contributed by atoms with E-state index in [1.54, 1.807) is 0 Å². The highest BCUT2D eigenvalue weighted by molar-refractivity contribution is 5.35. The highest BCUT2D eigenvalue weighted by Gasteiger charge is 2.26. The van der Waals surface area contributed by atoms with Gasteiger partial charge in [-0.2, -0.15) is 0 Å². The van der Waals surface area contributed by atoms with Crippen LogP contribution in [0.2, 0.25) is 0 Å². The Morgan fingerprint density at radius 3 is 3.11 bits per heavy atom. The van der Waals surface area contributed by atoms with E-state index in [-0.39, 0.29) is 0 Å². The first-order chi connectivity index (χ1) is 9.35. The third-order valence-electron chi connectivity index (χ3n) is 3.87. The maximum atomic E-state index is 5.91. The van der Waals surface area contributed by atoms with Crippen molar-refractivity contribution in [2.45, 2.75) is 38.6 Å². The number of hydrogen-bond donors (Lipinski definition) is 1. The predicted molar refractivity (Wildman–Crippen MR) is 80.6 cm³/mol. The van der Waals surface area contributed by atoms with Crippen LogP contribution < -0.4 is 10.1 Å². The van der Waals surface area contributed by atoms with Gasteiger partial charge in [0.25, 0.3) is 0 Å². The van der Waals surface area contributed by atoms with Crippen molar-refractivity contribution in [3.8, 4) is 5.75 Å². The molecule has 0 aromatic heterocycles. The van der Waals surface area contributed by atoms with Crippen LogP contribution in [0.15, 0.2) is 36.9 Å². The zero-order chi connectivity index (χ0) is 13.5. The van der Waals surface area contributed by atoms with Crippen molar-refractivity contribution in [1.82, 2.24) is 5.32 Å². The van der Waals surface area contributed by atoms with Gasteiger partial charge in [0.15, 0.2) is 0 Å². The Morgan fingerprint density at radius 1 is 1.47 bits per heavy atom. The quantitative estimate of drug-likeness (QED) is 0.597. The molecule has 0 aliphatic carbocycles. The van der Waals surface area contributed by atoms with E-state index in [0.717, 1.165) is 31.7 Å². The molecule has 2 rings (SSSR count). The zero-order valence-corrected chi connectivity index (χ0v) is 11.9. The second kappa shape index (κ2) is 7.34. The average molecular weight is 259 g/mol. The van der Waals surface area contributed by atoms with E-state index >= 15 is 0 Å². The molecule has 0 fully saturated rings. The molecular weight excluding hydrogens is 234 g/mol. The van der Waals surface area contributed by atoms with E-state index in [1.165, 1.54) is 18.4 Å². The number of fused-ring (bicyclic) bond motifs is 1. The topological polar surface area (TPSA) is 21.3 Å². The lowest BCUT2D eigenvalue weighted by atomic mass is 9.87. The molecule has 0 spiro atoms. The monoisotopic (exact) mass is 259 g/mol. The molecule has 0 bridgehead atoms. The summed E-state index contributed by atoms with van der Waals surface area (Å²) in [5.41, 5.74) is 1.35. The van der Waals surface area contributed by atoms with Gasteiger partial charge in [-0.25, -0.2) is 0 Å². The third kappa shape index (κ3) is 3.84. The van der Waals surface area contributed by atoms with Crippen LogP contribution in [0.5, 0.6) is 5.75 Å². The fourth-order valence-electron chi connectivity index (χ4n) is 2.86. The molecule has 2 unspecified atom stereocenters. The first-order valence-electron chi connectivity index (χ1n) is 7.40. The standard InChI is InChI=1S/C17H25NO/c1-3-5-6-10-16(18-4-2)15-12-14-9-7-8-11-17(14)19-13-15/h3,7-9,11,15-16,18H,1,4-6,10,12-13H2,2H3. The fourth-order valence-corrected chi connectivity index (χ4v) is 2.86. The van der Waals surface area contributed by atoms with E-state index in [1.807, 2.05) is 12.1 Å². The number of allylic oxidation sites excluding steroid dienone is 1. The summed E-state index contributed by atoms with van der Waals surface area (Å²) in [6, 6.07) is 8.97. The van der Waals surface area contributed by atoms with Gasteiger partial charge >= 0.3 is 0 Å². The lowest BCUT2D eigenvalue weighted by Crippen LogP contribution is -2.41. The fraction of sp³-hybridized carbons (Fsp3) is 0.529. The van der Waals surface area contributed by atoms with Crippen molar-refractivity contribution in [3.05, 3.63) is 42.5 Å². The Hall–Kier alpha value is -1.28. The molecule has 1 N–H and O–H groups in total. The Balaban J connectivity index is 1.97. The van der Waals surface area contributed by atoms with Crippen LogP contribution in [-0.4, -0.2) is 19.2 Å². The summed E-state index contributed by atoms with van der Waals surface area (Å²) >= 11 is 0.